The highest BCUT2D eigenvalue weighted by atomic mass is 35.5. The molecule has 7 heteroatoms. The molecule has 3 aromatic rings. The number of pyridine rings is 2. The first-order chi connectivity index (χ1) is 14.0. The molecule has 0 fully saturated rings. The third-order valence-corrected chi connectivity index (χ3v) is 5.02. The normalized spacial score (nSPS) is 13.4. The summed E-state index contributed by atoms with van der Waals surface area (Å²) in [7, 11) is 1.73. The lowest BCUT2D eigenvalue weighted by molar-refractivity contribution is 0.0994. The summed E-state index contributed by atoms with van der Waals surface area (Å²) in [5.41, 5.74) is 9.54. The lowest BCUT2D eigenvalue weighted by Gasteiger charge is -2.22. The van der Waals surface area contributed by atoms with Crippen LogP contribution in [0.1, 0.15) is 28.4 Å². The number of benzene rings is 1. The Morgan fingerprint density at radius 1 is 1.10 bits per heavy atom. The molecule has 0 saturated carbocycles. The van der Waals surface area contributed by atoms with Crippen molar-refractivity contribution < 1.29 is 4.79 Å². The van der Waals surface area contributed by atoms with E-state index in [1.165, 1.54) is 0 Å². The second kappa shape index (κ2) is 7.56. The van der Waals surface area contributed by atoms with Crippen LogP contribution in [-0.4, -0.2) is 29.5 Å². The zero-order chi connectivity index (χ0) is 20.5. The topological polar surface area (TPSA) is 75.4 Å². The minimum atomic E-state index is -0.145. The Kier molecular flexibility index (Phi) is 4.94. The smallest absolute Gasteiger partial charge is 0.261 e. The molecule has 0 bridgehead atoms. The summed E-state index contributed by atoms with van der Waals surface area (Å²) in [6.45, 7) is 2.58. The monoisotopic (exact) mass is 405 g/mol. The summed E-state index contributed by atoms with van der Waals surface area (Å²) >= 11 is 6.12. The number of nitrogens with two attached hydrogens (primary N) is 1. The highest BCUT2D eigenvalue weighted by molar-refractivity contribution is 6.29. The fraction of sp³-hybridized carbons (Fsp3) is 0.136. The third-order valence-electron chi connectivity index (χ3n) is 4.81. The molecule has 0 unspecified atom stereocenters. The number of nitrogen functional groups attached to an aromatic ring is 1. The molecule has 29 heavy (non-hydrogen) atoms. The molecule has 1 amide bonds. The van der Waals surface area contributed by atoms with Crippen LogP contribution in [0.2, 0.25) is 5.15 Å². The van der Waals surface area contributed by atoms with Gasteiger partial charge < -0.3 is 15.5 Å². The Labute approximate surface area is 174 Å². The lowest BCUT2D eigenvalue weighted by Crippen LogP contribution is -2.25. The van der Waals surface area contributed by atoms with Gasteiger partial charge in [-0.05, 0) is 48.4 Å². The minimum absolute atomic E-state index is 0.145. The molecule has 1 aromatic carbocycles. The van der Waals surface area contributed by atoms with Crippen LogP contribution in [0.15, 0.2) is 48.7 Å². The number of amides is 1. The summed E-state index contributed by atoms with van der Waals surface area (Å²) in [5.74, 6) is 1.04. The molecule has 4 rings (SSSR count). The van der Waals surface area contributed by atoms with Gasteiger partial charge in [0, 0.05) is 25.5 Å². The fourth-order valence-electron chi connectivity index (χ4n) is 3.36. The second-order valence-electron chi connectivity index (χ2n) is 6.73. The van der Waals surface area contributed by atoms with E-state index in [1.807, 2.05) is 54.3 Å². The Hall–Kier alpha value is -3.38. The average Bonchev–Trinajstić information content (AvgIpc) is 2.80. The van der Waals surface area contributed by atoms with Crippen LogP contribution < -0.4 is 15.5 Å². The highest BCUT2D eigenvalue weighted by Gasteiger charge is 2.30. The largest absolute Gasteiger partial charge is 0.399 e. The number of nitrogens with zero attached hydrogens (tertiary/aromatic N) is 4. The molecular weight excluding hydrogens is 386 g/mol. The van der Waals surface area contributed by atoms with Crippen molar-refractivity contribution in [2.45, 2.75) is 6.92 Å². The van der Waals surface area contributed by atoms with Crippen molar-refractivity contribution in [3.05, 3.63) is 70.5 Å². The van der Waals surface area contributed by atoms with Crippen LogP contribution in [-0.2, 0) is 0 Å². The van der Waals surface area contributed by atoms with E-state index in [0.29, 0.717) is 40.3 Å². The van der Waals surface area contributed by atoms with Gasteiger partial charge in [-0.25, -0.2) is 9.97 Å². The van der Waals surface area contributed by atoms with Gasteiger partial charge in [-0.15, -0.1) is 0 Å². The van der Waals surface area contributed by atoms with Crippen molar-refractivity contribution >= 4 is 52.7 Å². The zero-order valence-corrected chi connectivity index (χ0v) is 16.9. The minimum Gasteiger partial charge on any atom is -0.399 e. The van der Waals surface area contributed by atoms with Crippen LogP contribution in [0.3, 0.4) is 0 Å². The van der Waals surface area contributed by atoms with Gasteiger partial charge in [-0.1, -0.05) is 35.9 Å². The van der Waals surface area contributed by atoms with Crippen molar-refractivity contribution in [1.82, 2.24) is 9.97 Å². The van der Waals surface area contributed by atoms with E-state index in [1.54, 1.807) is 30.3 Å². The molecule has 1 aliphatic rings. The van der Waals surface area contributed by atoms with Gasteiger partial charge in [0.25, 0.3) is 5.91 Å². The number of carbonyl (C=O) groups excluding carboxylic acids is 1. The van der Waals surface area contributed by atoms with Crippen molar-refractivity contribution in [3.63, 3.8) is 0 Å². The molecule has 146 valence electrons. The van der Waals surface area contributed by atoms with Gasteiger partial charge in [0.2, 0.25) is 0 Å². The van der Waals surface area contributed by atoms with E-state index >= 15 is 0 Å². The van der Waals surface area contributed by atoms with Crippen LogP contribution in [0.4, 0.5) is 23.0 Å². The van der Waals surface area contributed by atoms with E-state index < -0.39 is 0 Å². The number of anilines is 4. The summed E-state index contributed by atoms with van der Waals surface area (Å²) in [4.78, 5) is 25.7. The number of halogens is 1. The molecule has 6 nitrogen and oxygen atoms in total. The predicted octanol–water partition coefficient (Wildman–Crippen LogP) is 4.63. The van der Waals surface area contributed by atoms with Gasteiger partial charge in [0.1, 0.15) is 11.0 Å². The molecule has 0 atom stereocenters. The number of carbonyl (C=O) groups is 1. The van der Waals surface area contributed by atoms with E-state index in [2.05, 4.69) is 9.97 Å². The first-order valence-electron chi connectivity index (χ1n) is 9.23. The van der Waals surface area contributed by atoms with Crippen molar-refractivity contribution in [2.24, 2.45) is 0 Å². The maximum atomic E-state index is 13.2. The van der Waals surface area contributed by atoms with E-state index in [0.717, 1.165) is 11.1 Å². The number of hydrogen-bond donors (Lipinski definition) is 1. The molecule has 0 aliphatic carbocycles. The molecule has 0 spiro atoms. The maximum absolute atomic E-state index is 13.2. The third kappa shape index (κ3) is 3.54. The van der Waals surface area contributed by atoms with E-state index in [9.17, 15) is 4.79 Å². The number of fused-ring (bicyclic) bond motifs is 2. The molecule has 0 radical (unpaired) electrons. The quantitative estimate of drug-likeness (QED) is 0.507. The standard InChI is InChI=1S/C22H20ClN5O/c1-3-28-20-17(22(29)27(2)18-9-10-19(23)26-21(18)28)12-15(13-25-20)8-7-14-5-4-6-16(24)11-14/h4-13H,3,24H2,1-2H3/b8-7+. The van der Waals surface area contributed by atoms with Crippen LogP contribution in [0.5, 0.6) is 0 Å². The Morgan fingerprint density at radius 2 is 1.90 bits per heavy atom. The Balaban J connectivity index is 1.79. The highest BCUT2D eigenvalue weighted by Crippen LogP contribution is 2.38. The van der Waals surface area contributed by atoms with E-state index in [4.69, 9.17) is 17.3 Å². The fourth-order valence-corrected chi connectivity index (χ4v) is 3.50. The predicted molar refractivity (Wildman–Crippen MR) is 119 cm³/mol. The molecule has 3 heterocycles. The first-order valence-corrected chi connectivity index (χ1v) is 9.61. The number of rotatable bonds is 3. The number of hydrogen-bond acceptors (Lipinski definition) is 5. The first kappa shape index (κ1) is 19.0. The van der Waals surface area contributed by atoms with Crippen LogP contribution in [0.25, 0.3) is 12.2 Å². The van der Waals surface area contributed by atoms with Crippen molar-refractivity contribution in [3.8, 4) is 0 Å². The molecule has 2 N–H and O–H groups in total. The maximum Gasteiger partial charge on any atom is 0.261 e. The van der Waals surface area contributed by atoms with Crippen molar-refractivity contribution in [2.75, 3.05) is 29.1 Å². The lowest BCUT2D eigenvalue weighted by atomic mass is 10.1. The Morgan fingerprint density at radius 3 is 2.66 bits per heavy atom. The molecular formula is C22H20ClN5O. The van der Waals surface area contributed by atoms with Gasteiger partial charge in [0.05, 0.1) is 11.3 Å². The zero-order valence-electron chi connectivity index (χ0n) is 16.1. The van der Waals surface area contributed by atoms with Gasteiger partial charge >= 0.3 is 0 Å². The van der Waals surface area contributed by atoms with Gasteiger partial charge in [-0.3, -0.25) is 4.79 Å². The Bertz CT molecular complexity index is 1130. The van der Waals surface area contributed by atoms with Crippen LogP contribution in [0, 0.1) is 0 Å². The average molecular weight is 406 g/mol. The van der Waals surface area contributed by atoms with Gasteiger partial charge in [-0.2, -0.15) is 0 Å². The second-order valence-corrected chi connectivity index (χ2v) is 7.12. The molecule has 2 aromatic heterocycles. The number of aromatic nitrogens is 2. The summed E-state index contributed by atoms with van der Waals surface area (Å²) in [6.07, 6.45) is 5.60. The van der Waals surface area contributed by atoms with E-state index in [-0.39, 0.29) is 5.91 Å². The SMILES string of the molecule is CCN1c2ncc(/C=C/c3cccc(N)c3)cc2C(=O)N(C)c2ccc(Cl)nc21. The van der Waals surface area contributed by atoms with Crippen molar-refractivity contribution in [1.29, 1.82) is 0 Å². The summed E-state index contributed by atoms with van der Waals surface area (Å²) in [5, 5.41) is 0.369. The molecule has 0 saturated heterocycles. The van der Waals surface area contributed by atoms with Gasteiger partial charge in [0.15, 0.2) is 5.82 Å². The summed E-state index contributed by atoms with van der Waals surface area (Å²) in [6, 6.07) is 12.9. The summed E-state index contributed by atoms with van der Waals surface area (Å²) < 4.78 is 0. The molecule has 1 aliphatic heterocycles. The van der Waals surface area contributed by atoms with Crippen LogP contribution >= 0.6 is 11.6 Å².